The lowest BCUT2D eigenvalue weighted by molar-refractivity contribution is 0.356. The molecule has 0 N–H and O–H groups in total. The van der Waals surface area contributed by atoms with Crippen molar-refractivity contribution in [2.24, 2.45) is 0 Å². The van der Waals surface area contributed by atoms with Crippen LogP contribution in [-0.4, -0.2) is 33.8 Å². The monoisotopic (exact) mass is 340 g/mol. The van der Waals surface area contributed by atoms with E-state index in [1.165, 1.54) is 0 Å². The minimum Gasteiger partial charge on any atom is -0.493 e. The zero-order chi connectivity index (χ0) is 16.7. The Balaban J connectivity index is 1.98. The molecular weight excluding hydrogens is 328 g/mol. The topological polar surface area (TPSA) is 61.5 Å². The van der Waals surface area contributed by atoms with E-state index in [1.54, 1.807) is 20.5 Å². The first kappa shape index (κ1) is 14.7. The van der Waals surface area contributed by atoms with Crippen molar-refractivity contribution in [3.8, 4) is 22.9 Å². The van der Waals surface area contributed by atoms with Crippen LogP contribution in [0.3, 0.4) is 0 Å². The summed E-state index contributed by atoms with van der Waals surface area (Å²) < 4.78 is 12.5. The molecule has 0 saturated carbocycles. The minimum absolute atomic E-state index is 0.621. The van der Waals surface area contributed by atoms with Crippen molar-refractivity contribution in [3.63, 3.8) is 0 Å². The number of hydrogen-bond acceptors (Lipinski definition) is 5. The highest BCUT2D eigenvalue weighted by molar-refractivity contribution is 6.30. The third kappa shape index (κ3) is 2.23. The van der Waals surface area contributed by atoms with E-state index in [2.05, 4.69) is 15.2 Å². The summed E-state index contributed by atoms with van der Waals surface area (Å²) in [4.78, 5) is 4.49. The van der Waals surface area contributed by atoms with Crippen molar-refractivity contribution >= 4 is 28.2 Å². The summed E-state index contributed by atoms with van der Waals surface area (Å²) >= 11 is 5.95. The predicted octanol–water partition coefficient (Wildman–Crippen LogP) is 3.62. The fraction of sp³-hybridized carbons (Fsp3) is 0.118. The maximum absolute atomic E-state index is 5.95. The SMILES string of the molecule is COc1cc2ncn3c(-c4ccc(Cl)cc4)nnc3c2cc1OC. The summed E-state index contributed by atoms with van der Waals surface area (Å²) in [5.74, 6) is 1.95. The molecule has 0 atom stereocenters. The highest BCUT2D eigenvalue weighted by atomic mass is 35.5. The number of hydrogen-bond donors (Lipinski definition) is 0. The van der Waals surface area contributed by atoms with Gasteiger partial charge in [-0.1, -0.05) is 11.6 Å². The van der Waals surface area contributed by atoms with E-state index in [4.69, 9.17) is 21.1 Å². The Bertz CT molecular complexity index is 1040. The van der Waals surface area contributed by atoms with Gasteiger partial charge in [-0.05, 0) is 30.3 Å². The zero-order valence-electron chi connectivity index (χ0n) is 13.0. The van der Waals surface area contributed by atoms with Crippen LogP contribution in [0.15, 0.2) is 42.7 Å². The maximum atomic E-state index is 5.95. The van der Waals surface area contributed by atoms with Gasteiger partial charge >= 0.3 is 0 Å². The molecule has 0 bridgehead atoms. The molecule has 7 heteroatoms. The van der Waals surface area contributed by atoms with Gasteiger partial charge in [0.1, 0.15) is 6.33 Å². The molecule has 2 aromatic carbocycles. The molecule has 6 nitrogen and oxygen atoms in total. The Morgan fingerprint density at radius 3 is 2.38 bits per heavy atom. The molecule has 120 valence electrons. The number of halogens is 1. The standard InChI is InChI=1S/C17H13ClN4O2/c1-23-14-7-12-13(8-15(14)24-2)19-9-22-16(20-21-17(12)22)10-3-5-11(18)6-4-10/h3-9H,1-2H3. The molecule has 0 saturated heterocycles. The summed E-state index contributed by atoms with van der Waals surface area (Å²) in [7, 11) is 3.19. The van der Waals surface area contributed by atoms with Crippen LogP contribution >= 0.6 is 11.6 Å². The summed E-state index contributed by atoms with van der Waals surface area (Å²) in [5, 5.41) is 10.1. The molecule has 0 aliphatic rings. The van der Waals surface area contributed by atoms with Gasteiger partial charge in [0.05, 0.1) is 19.7 Å². The number of rotatable bonds is 3. The van der Waals surface area contributed by atoms with Gasteiger partial charge in [-0.3, -0.25) is 4.40 Å². The van der Waals surface area contributed by atoms with Crippen LogP contribution < -0.4 is 9.47 Å². The Morgan fingerprint density at radius 1 is 0.958 bits per heavy atom. The number of aromatic nitrogens is 4. The van der Waals surface area contributed by atoms with Gasteiger partial charge in [-0.15, -0.1) is 10.2 Å². The van der Waals surface area contributed by atoms with Crippen LogP contribution in [0.2, 0.25) is 5.02 Å². The van der Waals surface area contributed by atoms with Gasteiger partial charge in [0.25, 0.3) is 0 Å². The van der Waals surface area contributed by atoms with E-state index in [9.17, 15) is 0 Å². The number of methoxy groups -OCH3 is 2. The first-order valence-corrected chi connectivity index (χ1v) is 7.60. The number of ether oxygens (including phenoxy) is 2. The summed E-state index contributed by atoms with van der Waals surface area (Å²) in [6.45, 7) is 0. The summed E-state index contributed by atoms with van der Waals surface area (Å²) in [6.07, 6.45) is 1.70. The molecule has 0 amide bonds. The molecule has 0 aliphatic heterocycles. The largest absolute Gasteiger partial charge is 0.493 e. The highest BCUT2D eigenvalue weighted by Gasteiger charge is 2.14. The molecule has 2 heterocycles. The van der Waals surface area contributed by atoms with Crippen molar-refractivity contribution in [1.82, 2.24) is 19.6 Å². The Labute approximate surface area is 142 Å². The third-order valence-corrected chi connectivity index (χ3v) is 4.11. The molecule has 4 aromatic rings. The van der Waals surface area contributed by atoms with Crippen LogP contribution in [0.1, 0.15) is 0 Å². The molecule has 0 unspecified atom stereocenters. The maximum Gasteiger partial charge on any atom is 0.171 e. The number of nitrogens with zero attached hydrogens (tertiary/aromatic N) is 4. The third-order valence-electron chi connectivity index (χ3n) is 3.85. The predicted molar refractivity (Wildman–Crippen MR) is 91.8 cm³/mol. The number of fused-ring (bicyclic) bond motifs is 3. The number of benzene rings is 2. The van der Waals surface area contributed by atoms with Gasteiger partial charge in [-0.2, -0.15) is 0 Å². The van der Waals surface area contributed by atoms with E-state index in [0.29, 0.717) is 28.0 Å². The zero-order valence-corrected chi connectivity index (χ0v) is 13.8. The van der Waals surface area contributed by atoms with E-state index in [0.717, 1.165) is 16.5 Å². The van der Waals surface area contributed by atoms with E-state index < -0.39 is 0 Å². The van der Waals surface area contributed by atoms with E-state index >= 15 is 0 Å². The van der Waals surface area contributed by atoms with Crippen molar-refractivity contribution in [1.29, 1.82) is 0 Å². The van der Waals surface area contributed by atoms with Gasteiger partial charge in [-0.25, -0.2) is 4.98 Å². The van der Waals surface area contributed by atoms with Crippen molar-refractivity contribution in [3.05, 3.63) is 47.7 Å². The molecule has 4 rings (SSSR count). The molecular formula is C17H13ClN4O2. The second-order valence-electron chi connectivity index (χ2n) is 5.19. The lowest BCUT2D eigenvalue weighted by atomic mass is 10.2. The quantitative estimate of drug-likeness (QED) is 0.570. The average molecular weight is 341 g/mol. The van der Waals surface area contributed by atoms with Gasteiger partial charge in [0.15, 0.2) is 23.0 Å². The van der Waals surface area contributed by atoms with Crippen molar-refractivity contribution in [2.75, 3.05) is 14.2 Å². The van der Waals surface area contributed by atoms with Crippen molar-refractivity contribution < 1.29 is 9.47 Å². The van der Waals surface area contributed by atoms with E-state index in [1.807, 2.05) is 40.8 Å². The van der Waals surface area contributed by atoms with Crippen LogP contribution in [0.5, 0.6) is 11.5 Å². The van der Waals surface area contributed by atoms with Crippen LogP contribution in [0.4, 0.5) is 0 Å². The smallest absolute Gasteiger partial charge is 0.171 e. The second kappa shape index (κ2) is 5.65. The first-order valence-electron chi connectivity index (χ1n) is 7.22. The lowest BCUT2D eigenvalue weighted by Gasteiger charge is -2.09. The molecule has 2 aromatic heterocycles. The molecule has 0 spiro atoms. The van der Waals surface area contributed by atoms with Gasteiger partial charge in [0, 0.05) is 22.0 Å². The van der Waals surface area contributed by atoms with Gasteiger partial charge in [0.2, 0.25) is 0 Å². The highest BCUT2D eigenvalue weighted by Crippen LogP contribution is 2.33. The average Bonchev–Trinajstić information content (AvgIpc) is 3.05. The molecule has 0 fully saturated rings. The molecule has 0 aliphatic carbocycles. The van der Waals surface area contributed by atoms with Gasteiger partial charge < -0.3 is 9.47 Å². The Hall–Kier alpha value is -2.86. The van der Waals surface area contributed by atoms with Crippen LogP contribution in [-0.2, 0) is 0 Å². The fourth-order valence-corrected chi connectivity index (χ4v) is 2.78. The fourth-order valence-electron chi connectivity index (χ4n) is 2.65. The van der Waals surface area contributed by atoms with Crippen molar-refractivity contribution in [2.45, 2.75) is 0 Å². The Morgan fingerprint density at radius 2 is 1.67 bits per heavy atom. The molecule has 24 heavy (non-hydrogen) atoms. The minimum atomic E-state index is 0.621. The normalized spacial score (nSPS) is 11.1. The second-order valence-corrected chi connectivity index (χ2v) is 5.63. The Kier molecular flexibility index (Phi) is 3.46. The first-order chi connectivity index (χ1) is 11.7. The molecule has 0 radical (unpaired) electrons. The summed E-state index contributed by atoms with van der Waals surface area (Å²) in [6, 6.07) is 11.1. The lowest BCUT2D eigenvalue weighted by Crippen LogP contribution is -1.95. The van der Waals surface area contributed by atoms with E-state index in [-0.39, 0.29) is 0 Å². The van der Waals surface area contributed by atoms with Crippen LogP contribution in [0.25, 0.3) is 27.9 Å². The van der Waals surface area contributed by atoms with Crippen LogP contribution in [0, 0.1) is 0 Å². The summed E-state index contributed by atoms with van der Waals surface area (Å²) in [5.41, 5.74) is 2.37.